The largest absolute Gasteiger partial charge is 0.417 e. The van der Waals surface area contributed by atoms with Crippen LogP contribution in [0.5, 0.6) is 0 Å². The average molecular weight is 381 g/mol. The Bertz CT molecular complexity index is 847. The zero-order valence-electron chi connectivity index (χ0n) is 15.2. The van der Waals surface area contributed by atoms with Gasteiger partial charge in [-0.25, -0.2) is 0 Å². The molecule has 0 saturated heterocycles. The first-order valence-corrected chi connectivity index (χ1v) is 8.49. The summed E-state index contributed by atoms with van der Waals surface area (Å²) in [5.74, 6) is -0.535. The maximum atomic E-state index is 12.7. The van der Waals surface area contributed by atoms with Crippen LogP contribution < -0.4 is 10.9 Å². The Morgan fingerprint density at radius 2 is 1.89 bits per heavy atom. The number of halogens is 3. The molecule has 0 unspecified atom stereocenters. The second kappa shape index (κ2) is 8.85. The first-order valence-electron chi connectivity index (χ1n) is 8.49. The normalized spacial score (nSPS) is 11.6. The number of hydrogen-bond donors (Lipinski definition) is 1. The molecule has 146 valence electrons. The number of pyridine rings is 1. The molecule has 1 aromatic carbocycles. The highest BCUT2D eigenvalue weighted by molar-refractivity contribution is 5.75. The van der Waals surface area contributed by atoms with Crippen LogP contribution in [0.25, 0.3) is 0 Å². The molecule has 0 saturated carbocycles. The smallest absolute Gasteiger partial charge is 0.350 e. The number of benzene rings is 1. The molecule has 0 spiro atoms. The van der Waals surface area contributed by atoms with Gasteiger partial charge in [-0.05, 0) is 30.8 Å². The zero-order valence-corrected chi connectivity index (χ0v) is 15.2. The van der Waals surface area contributed by atoms with Gasteiger partial charge in [-0.15, -0.1) is 0 Å². The summed E-state index contributed by atoms with van der Waals surface area (Å²) in [4.78, 5) is 25.9. The fourth-order valence-corrected chi connectivity index (χ4v) is 2.50. The van der Waals surface area contributed by atoms with Crippen LogP contribution in [0.3, 0.4) is 0 Å². The Balaban J connectivity index is 1.99. The predicted octanol–water partition coefficient (Wildman–Crippen LogP) is 2.64. The molecular formula is C19H22F3N3O2. The lowest BCUT2D eigenvalue weighted by atomic mass is 10.1. The van der Waals surface area contributed by atoms with Gasteiger partial charge in [-0.2, -0.15) is 13.2 Å². The fourth-order valence-electron chi connectivity index (χ4n) is 2.50. The van der Waals surface area contributed by atoms with Gasteiger partial charge in [-0.1, -0.05) is 31.2 Å². The maximum absolute atomic E-state index is 12.7. The Kier molecular flexibility index (Phi) is 6.79. The summed E-state index contributed by atoms with van der Waals surface area (Å²) < 4.78 is 39.0. The van der Waals surface area contributed by atoms with Crippen molar-refractivity contribution >= 4 is 5.91 Å². The molecule has 0 bridgehead atoms. The third-order valence-electron chi connectivity index (χ3n) is 4.10. The Morgan fingerprint density at radius 3 is 2.56 bits per heavy atom. The number of hydrogen-bond acceptors (Lipinski definition) is 3. The number of nitrogens with zero attached hydrogens (tertiary/aromatic N) is 2. The van der Waals surface area contributed by atoms with Crippen LogP contribution in [0.2, 0.25) is 0 Å². The molecule has 0 aliphatic heterocycles. The van der Waals surface area contributed by atoms with Crippen LogP contribution in [-0.4, -0.2) is 29.0 Å². The molecule has 5 nitrogen and oxygen atoms in total. The molecular weight excluding hydrogens is 359 g/mol. The molecule has 27 heavy (non-hydrogen) atoms. The van der Waals surface area contributed by atoms with Crippen molar-refractivity contribution in [2.24, 2.45) is 0 Å². The van der Waals surface area contributed by atoms with E-state index in [1.54, 1.807) is 0 Å². The second-order valence-corrected chi connectivity index (χ2v) is 6.31. The van der Waals surface area contributed by atoms with Gasteiger partial charge in [0.1, 0.15) is 6.54 Å². The minimum absolute atomic E-state index is 0.232. The monoisotopic (exact) mass is 381 g/mol. The highest BCUT2D eigenvalue weighted by atomic mass is 19.4. The first kappa shape index (κ1) is 20.7. The van der Waals surface area contributed by atoms with Crippen LogP contribution in [-0.2, 0) is 30.6 Å². The SMILES string of the molecule is CCN(C)Cc1cccc(CNC(=O)Cn2cc(C(F)(F)F)ccc2=O)c1. The third-order valence-corrected chi connectivity index (χ3v) is 4.10. The van der Waals surface area contributed by atoms with Crippen molar-refractivity contribution in [1.29, 1.82) is 0 Å². The van der Waals surface area contributed by atoms with Crippen molar-refractivity contribution in [1.82, 2.24) is 14.8 Å². The number of carbonyl (C=O) groups excluding carboxylic acids is 1. The Labute approximate surface area is 155 Å². The lowest BCUT2D eigenvalue weighted by Crippen LogP contribution is -2.32. The van der Waals surface area contributed by atoms with E-state index in [9.17, 15) is 22.8 Å². The molecule has 0 fully saturated rings. The molecule has 2 aromatic rings. The molecule has 0 radical (unpaired) electrons. The summed E-state index contributed by atoms with van der Waals surface area (Å²) in [7, 11) is 2.00. The Morgan fingerprint density at radius 1 is 1.19 bits per heavy atom. The Hall–Kier alpha value is -2.61. The van der Waals surface area contributed by atoms with E-state index >= 15 is 0 Å². The summed E-state index contributed by atoms with van der Waals surface area (Å²) in [6.07, 6.45) is -3.92. The number of rotatable bonds is 7. The first-order chi connectivity index (χ1) is 12.7. The van der Waals surface area contributed by atoms with Gasteiger partial charge in [-0.3, -0.25) is 9.59 Å². The fraction of sp³-hybridized carbons (Fsp3) is 0.368. The molecule has 0 atom stereocenters. The van der Waals surface area contributed by atoms with E-state index in [0.29, 0.717) is 12.3 Å². The van der Waals surface area contributed by atoms with E-state index in [-0.39, 0.29) is 6.54 Å². The number of carbonyl (C=O) groups is 1. The van der Waals surface area contributed by atoms with Gasteiger partial charge in [0.15, 0.2) is 0 Å². The van der Waals surface area contributed by atoms with E-state index in [1.165, 1.54) is 0 Å². The van der Waals surface area contributed by atoms with E-state index in [0.717, 1.165) is 34.8 Å². The molecule has 1 aromatic heterocycles. The topological polar surface area (TPSA) is 54.3 Å². The van der Waals surface area contributed by atoms with Gasteiger partial charge in [0, 0.05) is 25.4 Å². The van der Waals surface area contributed by atoms with E-state index < -0.39 is 29.8 Å². The van der Waals surface area contributed by atoms with Crippen molar-refractivity contribution in [2.45, 2.75) is 32.7 Å². The van der Waals surface area contributed by atoms with Gasteiger partial charge < -0.3 is 14.8 Å². The summed E-state index contributed by atoms with van der Waals surface area (Å²) in [6, 6.07) is 9.20. The van der Waals surface area contributed by atoms with Crippen molar-refractivity contribution in [3.8, 4) is 0 Å². The zero-order chi connectivity index (χ0) is 20.0. The van der Waals surface area contributed by atoms with Crippen LogP contribution in [0.15, 0.2) is 47.4 Å². The van der Waals surface area contributed by atoms with Crippen molar-refractivity contribution < 1.29 is 18.0 Å². The van der Waals surface area contributed by atoms with Crippen molar-refractivity contribution in [3.05, 3.63) is 69.6 Å². The number of nitrogens with one attached hydrogen (secondary N) is 1. The molecule has 0 aliphatic carbocycles. The van der Waals surface area contributed by atoms with E-state index in [2.05, 4.69) is 17.1 Å². The van der Waals surface area contributed by atoms with Gasteiger partial charge in [0.25, 0.3) is 5.56 Å². The highest BCUT2D eigenvalue weighted by Crippen LogP contribution is 2.27. The summed E-state index contributed by atoms with van der Waals surface area (Å²) in [5.41, 5.74) is 0.340. The maximum Gasteiger partial charge on any atom is 0.417 e. The summed E-state index contributed by atoms with van der Waals surface area (Å²) in [5, 5.41) is 2.63. The van der Waals surface area contributed by atoms with Crippen molar-refractivity contribution in [2.75, 3.05) is 13.6 Å². The van der Waals surface area contributed by atoms with Crippen LogP contribution >= 0.6 is 0 Å². The number of alkyl halides is 3. The summed E-state index contributed by atoms with van der Waals surface area (Å²) in [6.45, 7) is 3.50. The number of amides is 1. The lowest BCUT2D eigenvalue weighted by Gasteiger charge is -2.15. The van der Waals surface area contributed by atoms with Gasteiger partial charge in [0.05, 0.1) is 5.56 Å². The molecule has 1 amide bonds. The minimum Gasteiger partial charge on any atom is -0.350 e. The molecule has 8 heteroatoms. The molecule has 1 heterocycles. The number of aromatic nitrogens is 1. The quantitative estimate of drug-likeness (QED) is 0.802. The molecule has 0 aliphatic rings. The lowest BCUT2D eigenvalue weighted by molar-refractivity contribution is -0.138. The van der Waals surface area contributed by atoms with Crippen LogP contribution in [0.4, 0.5) is 13.2 Å². The molecule has 2 rings (SSSR count). The standard InChI is InChI=1S/C19H22F3N3O2/c1-3-24(2)11-15-6-4-5-14(9-15)10-23-17(26)13-25-12-16(19(20,21)22)7-8-18(25)27/h4-9,12H,3,10-11,13H2,1-2H3,(H,23,26). The second-order valence-electron chi connectivity index (χ2n) is 6.31. The molecule has 1 N–H and O–H groups in total. The summed E-state index contributed by atoms with van der Waals surface area (Å²) >= 11 is 0. The van der Waals surface area contributed by atoms with Crippen molar-refractivity contribution in [3.63, 3.8) is 0 Å². The van der Waals surface area contributed by atoms with Crippen LogP contribution in [0.1, 0.15) is 23.6 Å². The van der Waals surface area contributed by atoms with Gasteiger partial charge >= 0.3 is 6.18 Å². The highest BCUT2D eigenvalue weighted by Gasteiger charge is 2.31. The van der Waals surface area contributed by atoms with E-state index in [4.69, 9.17) is 0 Å². The van der Waals surface area contributed by atoms with E-state index in [1.807, 2.05) is 31.3 Å². The van der Waals surface area contributed by atoms with Crippen LogP contribution in [0, 0.1) is 0 Å². The minimum atomic E-state index is -4.57. The predicted molar refractivity (Wildman–Crippen MR) is 96.0 cm³/mol. The van der Waals surface area contributed by atoms with Gasteiger partial charge in [0.2, 0.25) is 5.91 Å². The third kappa shape index (κ3) is 6.25. The average Bonchev–Trinajstić information content (AvgIpc) is 2.61.